The number of hydrogen-bond donors (Lipinski definition) is 0. The number of ether oxygens (including phenoxy) is 1. The van der Waals surface area contributed by atoms with Crippen molar-refractivity contribution in [2.75, 3.05) is 6.54 Å². The van der Waals surface area contributed by atoms with E-state index in [4.69, 9.17) is 4.98 Å². The minimum atomic E-state index is -4.66. The molecule has 26 heavy (non-hydrogen) atoms. The molecule has 0 saturated heterocycles. The van der Waals surface area contributed by atoms with E-state index >= 15 is 0 Å². The van der Waals surface area contributed by atoms with Gasteiger partial charge in [-0.15, -0.1) is 13.2 Å². The van der Waals surface area contributed by atoms with E-state index in [0.717, 1.165) is 41.7 Å². The van der Waals surface area contributed by atoms with Gasteiger partial charge in [-0.1, -0.05) is 12.1 Å². The van der Waals surface area contributed by atoms with Crippen molar-refractivity contribution in [3.8, 4) is 5.75 Å². The summed E-state index contributed by atoms with van der Waals surface area (Å²) >= 11 is 0. The Kier molecular flexibility index (Phi) is 4.24. The third-order valence-corrected chi connectivity index (χ3v) is 4.41. The molecule has 0 fully saturated rings. The summed E-state index contributed by atoms with van der Waals surface area (Å²) in [4.78, 5) is 11.1. The van der Waals surface area contributed by atoms with Crippen LogP contribution >= 0.6 is 0 Å². The molecule has 4 rings (SSSR count). The highest BCUT2D eigenvalue weighted by Gasteiger charge is 2.31. The van der Waals surface area contributed by atoms with Crippen LogP contribution in [0.5, 0.6) is 5.75 Å². The number of hydrogen-bond acceptors (Lipinski definition) is 4. The van der Waals surface area contributed by atoms with Crippen LogP contribution in [0, 0.1) is 0 Å². The summed E-state index contributed by atoms with van der Waals surface area (Å²) in [6.45, 7) is 2.28. The Bertz CT molecular complexity index is 925. The number of aromatic nitrogens is 2. The molecule has 1 aliphatic rings. The maximum absolute atomic E-state index is 12.2. The van der Waals surface area contributed by atoms with Gasteiger partial charge in [0.2, 0.25) is 0 Å². The van der Waals surface area contributed by atoms with Crippen LogP contribution in [0.4, 0.5) is 13.2 Å². The van der Waals surface area contributed by atoms with Gasteiger partial charge in [-0.05, 0) is 35.4 Å². The summed E-state index contributed by atoms with van der Waals surface area (Å²) < 4.78 is 40.6. The van der Waals surface area contributed by atoms with Crippen LogP contribution in [0.2, 0.25) is 0 Å². The van der Waals surface area contributed by atoms with Crippen LogP contribution in [-0.4, -0.2) is 27.8 Å². The van der Waals surface area contributed by atoms with Gasteiger partial charge < -0.3 is 4.74 Å². The third kappa shape index (κ3) is 3.77. The Morgan fingerprint density at radius 1 is 1.12 bits per heavy atom. The van der Waals surface area contributed by atoms with Crippen LogP contribution in [0.1, 0.15) is 16.8 Å². The molecule has 134 valence electrons. The fourth-order valence-electron chi connectivity index (χ4n) is 3.23. The van der Waals surface area contributed by atoms with Crippen LogP contribution in [-0.2, 0) is 19.5 Å². The maximum atomic E-state index is 12.2. The highest BCUT2D eigenvalue weighted by atomic mass is 19.4. The van der Waals surface area contributed by atoms with E-state index in [0.29, 0.717) is 6.54 Å². The second-order valence-corrected chi connectivity index (χ2v) is 6.31. The average Bonchev–Trinajstić information content (AvgIpc) is 2.60. The van der Waals surface area contributed by atoms with Crippen molar-refractivity contribution >= 4 is 10.9 Å². The first-order chi connectivity index (χ1) is 12.5. The fourth-order valence-corrected chi connectivity index (χ4v) is 3.23. The summed E-state index contributed by atoms with van der Waals surface area (Å²) in [5, 5.41) is 1.02. The molecule has 0 atom stereocenters. The summed E-state index contributed by atoms with van der Waals surface area (Å²) in [6, 6.07) is 10.1. The van der Waals surface area contributed by atoms with Crippen LogP contribution in [0.15, 0.2) is 48.8 Å². The average molecular weight is 359 g/mol. The molecule has 3 heterocycles. The molecular weight excluding hydrogens is 343 g/mol. The van der Waals surface area contributed by atoms with Crippen LogP contribution in [0.3, 0.4) is 0 Å². The molecule has 0 saturated carbocycles. The lowest BCUT2D eigenvalue weighted by atomic mass is 10.0. The van der Waals surface area contributed by atoms with Gasteiger partial charge in [0, 0.05) is 49.5 Å². The van der Waals surface area contributed by atoms with Gasteiger partial charge in [0.25, 0.3) is 0 Å². The summed E-state index contributed by atoms with van der Waals surface area (Å²) in [6.07, 6.45) is -0.268. The monoisotopic (exact) mass is 359 g/mol. The van der Waals surface area contributed by atoms with Crippen molar-refractivity contribution in [2.45, 2.75) is 25.9 Å². The highest BCUT2D eigenvalue weighted by molar-refractivity contribution is 5.78. The predicted octanol–water partition coefficient (Wildman–Crippen LogP) is 4.09. The Hall–Kier alpha value is -2.67. The van der Waals surface area contributed by atoms with Crippen molar-refractivity contribution in [3.63, 3.8) is 0 Å². The Morgan fingerprint density at radius 2 is 1.92 bits per heavy atom. The molecule has 0 amide bonds. The zero-order chi connectivity index (χ0) is 18.1. The van der Waals surface area contributed by atoms with Gasteiger partial charge in [0.1, 0.15) is 5.75 Å². The molecule has 0 aliphatic carbocycles. The van der Waals surface area contributed by atoms with E-state index in [-0.39, 0.29) is 5.75 Å². The SMILES string of the molecule is FC(F)(F)Oc1ccc(CN2CCc3nc4ccncc4cc3C2)cc1. The first kappa shape index (κ1) is 16.8. The molecule has 0 spiro atoms. The molecule has 0 bridgehead atoms. The lowest BCUT2D eigenvalue weighted by Gasteiger charge is -2.28. The van der Waals surface area contributed by atoms with Crippen molar-refractivity contribution in [3.05, 3.63) is 65.6 Å². The highest BCUT2D eigenvalue weighted by Crippen LogP contribution is 2.25. The number of rotatable bonds is 3. The molecule has 1 aliphatic heterocycles. The van der Waals surface area contributed by atoms with Gasteiger partial charge in [-0.2, -0.15) is 0 Å². The lowest BCUT2D eigenvalue weighted by molar-refractivity contribution is -0.274. The fraction of sp³-hybridized carbons (Fsp3) is 0.263. The van der Waals surface area contributed by atoms with E-state index in [1.165, 1.54) is 17.7 Å². The van der Waals surface area contributed by atoms with Gasteiger partial charge in [0.15, 0.2) is 0 Å². The maximum Gasteiger partial charge on any atom is 0.573 e. The number of benzene rings is 1. The predicted molar refractivity (Wildman–Crippen MR) is 90.5 cm³/mol. The molecule has 4 nitrogen and oxygen atoms in total. The Labute approximate surface area is 148 Å². The number of nitrogens with zero attached hydrogens (tertiary/aromatic N) is 3. The quantitative estimate of drug-likeness (QED) is 0.706. The number of fused-ring (bicyclic) bond motifs is 2. The summed E-state index contributed by atoms with van der Waals surface area (Å²) in [5.74, 6) is -0.201. The van der Waals surface area contributed by atoms with Crippen molar-refractivity contribution < 1.29 is 17.9 Å². The third-order valence-electron chi connectivity index (χ3n) is 4.41. The molecule has 2 aromatic heterocycles. The summed E-state index contributed by atoms with van der Waals surface area (Å²) in [5.41, 5.74) is 4.17. The van der Waals surface area contributed by atoms with E-state index in [9.17, 15) is 13.2 Å². The normalized spacial score (nSPS) is 15.0. The van der Waals surface area contributed by atoms with Crippen LogP contribution < -0.4 is 4.74 Å². The van der Waals surface area contributed by atoms with E-state index < -0.39 is 6.36 Å². The standard InChI is InChI=1S/C19H16F3N3O/c20-19(21,22)26-16-3-1-13(2-4-16)11-25-8-6-18-15(12-25)9-14-10-23-7-5-17(14)24-18/h1-5,7,9-10H,6,8,11-12H2. The van der Waals surface area contributed by atoms with E-state index in [1.807, 2.05) is 6.07 Å². The molecule has 1 aromatic carbocycles. The first-order valence-electron chi connectivity index (χ1n) is 8.26. The minimum Gasteiger partial charge on any atom is -0.406 e. The van der Waals surface area contributed by atoms with E-state index in [2.05, 4.69) is 20.7 Å². The Balaban J connectivity index is 1.46. The van der Waals surface area contributed by atoms with Gasteiger partial charge in [-0.3, -0.25) is 14.9 Å². The second kappa shape index (κ2) is 6.57. The molecule has 7 heteroatoms. The van der Waals surface area contributed by atoms with Gasteiger partial charge in [-0.25, -0.2) is 0 Å². The van der Waals surface area contributed by atoms with Crippen molar-refractivity contribution in [1.82, 2.24) is 14.9 Å². The van der Waals surface area contributed by atoms with Crippen molar-refractivity contribution in [2.24, 2.45) is 0 Å². The van der Waals surface area contributed by atoms with E-state index in [1.54, 1.807) is 24.5 Å². The number of pyridine rings is 2. The number of halogens is 3. The smallest absolute Gasteiger partial charge is 0.406 e. The molecule has 3 aromatic rings. The van der Waals surface area contributed by atoms with Crippen LogP contribution in [0.25, 0.3) is 10.9 Å². The zero-order valence-corrected chi connectivity index (χ0v) is 13.8. The number of alkyl halides is 3. The van der Waals surface area contributed by atoms with Gasteiger partial charge in [0.05, 0.1) is 5.52 Å². The second-order valence-electron chi connectivity index (χ2n) is 6.31. The Morgan fingerprint density at radius 3 is 2.69 bits per heavy atom. The largest absolute Gasteiger partial charge is 0.573 e. The summed E-state index contributed by atoms with van der Waals surface area (Å²) in [7, 11) is 0. The lowest BCUT2D eigenvalue weighted by Crippen LogP contribution is -2.30. The molecule has 0 radical (unpaired) electrons. The van der Waals surface area contributed by atoms with Gasteiger partial charge >= 0.3 is 6.36 Å². The first-order valence-corrected chi connectivity index (χ1v) is 8.26. The molecular formula is C19H16F3N3O. The minimum absolute atomic E-state index is 0.201. The zero-order valence-electron chi connectivity index (χ0n) is 13.8. The molecule has 0 N–H and O–H groups in total. The molecule has 0 unspecified atom stereocenters. The topological polar surface area (TPSA) is 38.2 Å². The van der Waals surface area contributed by atoms with Crippen molar-refractivity contribution in [1.29, 1.82) is 0 Å².